The fraction of sp³-hybridized carbons (Fsp3) is 1.00. The second-order valence-electron chi connectivity index (χ2n) is 6.83. The van der Waals surface area contributed by atoms with Crippen LogP contribution < -0.4 is 16.8 Å². The monoisotopic (exact) mass is 365 g/mol. The van der Waals surface area contributed by atoms with Crippen molar-refractivity contribution in [3.05, 3.63) is 0 Å². The summed E-state index contributed by atoms with van der Waals surface area (Å²) < 4.78 is 11.0. The van der Waals surface area contributed by atoms with Gasteiger partial charge < -0.3 is 51.8 Å². The normalized spacial score (nSPS) is 48.5. The molecule has 10 nitrogen and oxygen atoms in total. The van der Waals surface area contributed by atoms with Gasteiger partial charge in [0, 0.05) is 12.1 Å². The van der Waals surface area contributed by atoms with Crippen LogP contribution in [0.2, 0.25) is 0 Å². The number of rotatable bonds is 6. The fourth-order valence-electron chi connectivity index (χ4n) is 3.35. The van der Waals surface area contributed by atoms with Gasteiger partial charge in [0.05, 0.1) is 18.8 Å². The summed E-state index contributed by atoms with van der Waals surface area (Å²) in [6.45, 7) is 2.14. The van der Waals surface area contributed by atoms with Gasteiger partial charge in [-0.15, -0.1) is 0 Å². The molecule has 1 aliphatic heterocycles. The first-order valence-corrected chi connectivity index (χ1v) is 8.70. The number of ether oxygens (including phenoxy) is 2. The predicted molar refractivity (Wildman–Crippen MR) is 87.3 cm³/mol. The van der Waals surface area contributed by atoms with Crippen molar-refractivity contribution in [2.75, 3.05) is 13.2 Å². The number of aliphatic hydroxyl groups excluding tert-OH is 5. The molecule has 2 rings (SSSR count). The summed E-state index contributed by atoms with van der Waals surface area (Å²) in [5.41, 5.74) is 11.9. The smallest absolute Gasteiger partial charge is 0.176 e. The Morgan fingerprint density at radius 2 is 1.76 bits per heavy atom. The molecule has 10 N–H and O–H groups in total. The van der Waals surface area contributed by atoms with E-state index in [-0.39, 0.29) is 6.04 Å². The van der Waals surface area contributed by atoms with Crippen LogP contribution in [-0.4, -0.2) is 99.7 Å². The largest absolute Gasteiger partial charge is 0.394 e. The molecular formula is C15H31N3O7. The van der Waals surface area contributed by atoms with Crippen LogP contribution in [0.4, 0.5) is 0 Å². The van der Waals surface area contributed by atoms with Crippen LogP contribution in [0, 0.1) is 0 Å². The Morgan fingerprint density at radius 3 is 2.36 bits per heavy atom. The third kappa shape index (κ3) is 4.48. The van der Waals surface area contributed by atoms with Crippen molar-refractivity contribution in [1.29, 1.82) is 0 Å². The Balaban J connectivity index is 2.03. The van der Waals surface area contributed by atoms with Crippen molar-refractivity contribution >= 4 is 0 Å². The summed E-state index contributed by atoms with van der Waals surface area (Å²) in [6, 6.07) is -2.05. The van der Waals surface area contributed by atoms with Crippen LogP contribution in [0.3, 0.4) is 0 Å². The van der Waals surface area contributed by atoms with Gasteiger partial charge in [0.2, 0.25) is 0 Å². The van der Waals surface area contributed by atoms with Crippen molar-refractivity contribution in [1.82, 2.24) is 5.32 Å². The maximum Gasteiger partial charge on any atom is 0.176 e. The van der Waals surface area contributed by atoms with Crippen molar-refractivity contribution < 1.29 is 35.0 Å². The molecular weight excluding hydrogens is 334 g/mol. The van der Waals surface area contributed by atoms with Crippen molar-refractivity contribution in [2.24, 2.45) is 11.5 Å². The summed E-state index contributed by atoms with van der Waals surface area (Å²) in [4.78, 5) is 0. The molecule has 10 heteroatoms. The highest BCUT2D eigenvalue weighted by atomic mass is 16.7. The number of hydrogen-bond donors (Lipinski definition) is 8. The third-order valence-electron chi connectivity index (χ3n) is 4.92. The lowest BCUT2D eigenvalue weighted by molar-refractivity contribution is -0.294. The quantitative estimate of drug-likeness (QED) is 0.230. The van der Waals surface area contributed by atoms with E-state index in [9.17, 15) is 25.5 Å². The molecule has 2 fully saturated rings. The number of nitrogens with one attached hydrogen (secondary N) is 1. The molecule has 148 valence electrons. The van der Waals surface area contributed by atoms with E-state index in [0.717, 1.165) is 6.42 Å². The molecule has 10 atom stereocenters. The highest BCUT2D eigenvalue weighted by Gasteiger charge is 2.48. The van der Waals surface area contributed by atoms with E-state index in [1.54, 1.807) is 0 Å². The minimum absolute atomic E-state index is 0.358. The standard InChI is InChI=1S/C15H31N3O7/c1-2-3-18-7-4-6(16)14(13(23)10(7)20)25-15-9(17)12(22)11(21)8(5-19)24-15/h6-15,18-23H,2-5,16-17H2,1H3/t6?,7?,8?,9-,10+,11+,12?,13?,14+,15+/m0/s1. The van der Waals surface area contributed by atoms with Gasteiger partial charge in [-0.3, -0.25) is 0 Å². The average molecular weight is 365 g/mol. The molecule has 0 aromatic heterocycles. The first kappa shape index (κ1) is 20.9. The Hall–Kier alpha value is -0.400. The molecule has 0 amide bonds. The maximum atomic E-state index is 10.4. The number of hydrogen-bond acceptors (Lipinski definition) is 10. The van der Waals surface area contributed by atoms with Crippen molar-refractivity contribution in [2.45, 2.75) is 80.8 Å². The minimum Gasteiger partial charge on any atom is -0.394 e. The molecule has 0 radical (unpaired) electrons. The van der Waals surface area contributed by atoms with E-state index < -0.39 is 61.6 Å². The van der Waals surface area contributed by atoms with Gasteiger partial charge in [0.1, 0.15) is 30.5 Å². The van der Waals surface area contributed by atoms with Crippen LogP contribution >= 0.6 is 0 Å². The topological polar surface area (TPSA) is 184 Å². The molecule has 1 saturated heterocycles. The summed E-state index contributed by atoms with van der Waals surface area (Å²) >= 11 is 0. The zero-order valence-electron chi connectivity index (χ0n) is 14.3. The van der Waals surface area contributed by atoms with Crippen molar-refractivity contribution in [3.8, 4) is 0 Å². The van der Waals surface area contributed by atoms with E-state index >= 15 is 0 Å². The van der Waals surface area contributed by atoms with Crippen LogP contribution in [-0.2, 0) is 9.47 Å². The molecule has 1 aliphatic carbocycles. The SMILES string of the molecule is CCCNC1CC(N)[C@@H](O[C@H]2OC(CO)[C@@H](O)C(O)[C@@H]2N)C(O)[C@@H]1O. The fourth-order valence-corrected chi connectivity index (χ4v) is 3.35. The van der Waals surface area contributed by atoms with E-state index in [1.165, 1.54) is 0 Å². The van der Waals surface area contributed by atoms with Gasteiger partial charge >= 0.3 is 0 Å². The van der Waals surface area contributed by atoms with Gasteiger partial charge in [0.25, 0.3) is 0 Å². The van der Waals surface area contributed by atoms with E-state index in [4.69, 9.17) is 20.9 Å². The molecule has 0 aromatic rings. The first-order valence-electron chi connectivity index (χ1n) is 8.70. The third-order valence-corrected chi connectivity index (χ3v) is 4.92. The summed E-state index contributed by atoms with van der Waals surface area (Å²) in [5.74, 6) is 0. The van der Waals surface area contributed by atoms with Crippen LogP contribution in [0.1, 0.15) is 19.8 Å². The Bertz CT molecular complexity index is 417. The molecule has 0 aromatic carbocycles. The second-order valence-corrected chi connectivity index (χ2v) is 6.83. The number of aliphatic hydroxyl groups is 5. The summed E-state index contributed by atoms with van der Waals surface area (Å²) in [6.07, 6.45) is -7.04. The molecule has 1 heterocycles. The van der Waals surface area contributed by atoms with Gasteiger partial charge in [-0.05, 0) is 19.4 Å². The lowest BCUT2D eigenvalue weighted by Gasteiger charge is -2.46. The van der Waals surface area contributed by atoms with Gasteiger partial charge in [-0.2, -0.15) is 0 Å². The lowest BCUT2D eigenvalue weighted by atomic mass is 9.84. The van der Waals surface area contributed by atoms with Crippen LogP contribution in [0.15, 0.2) is 0 Å². The molecule has 0 bridgehead atoms. The van der Waals surface area contributed by atoms with E-state index in [0.29, 0.717) is 13.0 Å². The van der Waals surface area contributed by atoms with E-state index in [1.807, 2.05) is 6.92 Å². The first-order chi connectivity index (χ1) is 11.8. The van der Waals surface area contributed by atoms with Gasteiger partial charge in [0.15, 0.2) is 6.29 Å². The molecule has 0 spiro atoms. The molecule has 1 saturated carbocycles. The minimum atomic E-state index is -1.36. The molecule has 5 unspecified atom stereocenters. The maximum absolute atomic E-state index is 10.4. The summed E-state index contributed by atoms with van der Waals surface area (Å²) in [7, 11) is 0. The molecule has 25 heavy (non-hydrogen) atoms. The highest BCUT2D eigenvalue weighted by Crippen LogP contribution is 2.27. The average Bonchev–Trinajstić information content (AvgIpc) is 2.60. The summed E-state index contributed by atoms with van der Waals surface area (Å²) in [5, 5.41) is 52.8. The predicted octanol–water partition coefficient (Wildman–Crippen LogP) is -4.04. The van der Waals surface area contributed by atoms with E-state index in [2.05, 4.69) is 5.32 Å². The molecule has 2 aliphatic rings. The zero-order valence-corrected chi connectivity index (χ0v) is 14.3. The Kier molecular flexibility index (Phi) is 7.52. The van der Waals surface area contributed by atoms with Crippen LogP contribution in [0.5, 0.6) is 0 Å². The van der Waals surface area contributed by atoms with Crippen molar-refractivity contribution in [3.63, 3.8) is 0 Å². The Labute approximate surface area is 146 Å². The van der Waals surface area contributed by atoms with Crippen LogP contribution in [0.25, 0.3) is 0 Å². The van der Waals surface area contributed by atoms with Gasteiger partial charge in [-0.1, -0.05) is 6.92 Å². The lowest BCUT2D eigenvalue weighted by Crippen LogP contribution is -2.67. The Morgan fingerprint density at radius 1 is 1.08 bits per heavy atom. The zero-order chi connectivity index (χ0) is 18.7. The second kappa shape index (κ2) is 9.00. The number of nitrogens with two attached hydrogens (primary N) is 2. The highest BCUT2D eigenvalue weighted by molar-refractivity contribution is 5.00. The van der Waals surface area contributed by atoms with Gasteiger partial charge in [-0.25, -0.2) is 0 Å².